The molecule has 134 valence electrons. The lowest BCUT2D eigenvalue weighted by atomic mass is 10.1. The fourth-order valence-electron chi connectivity index (χ4n) is 2.87. The molecule has 0 unspecified atom stereocenters. The van der Waals surface area contributed by atoms with Gasteiger partial charge in [0, 0.05) is 17.5 Å². The van der Waals surface area contributed by atoms with Crippen LogP contribution in [0.3, 0.4) is 0 Å². The number of fused-ring (bicyclic) bond motifs is 1. The molecule has 0 saturated heterocycles. The zero-order valence-electron chi connectivity index (χ0n) is 14.8. The molecule has 0 aliphatic carbocycles. The van der Waals surface area contributed by atoms with Crippen molar-refractivity contribution in [2.75, 3.05) is 19.5 Å². The van der Waals surface area contributed by atoms with Gasteiger partial charge in [0.15, 0.2) is 11.5 Å². The maximum absolute atomic E-state index is 13.6. The van der Waals surface area contributed by atoms with Gasteiger partial charge in [0.1, 0.15) is 18.0 Å². The highest BCUT2D eigenvalue weighted by atomic mass is 19.1. The van der Waals surface area contributed by atoms with Crippen molar-refractivity contribution < 1.29 is 13.9 Å². The zero-order valence-corrected chi connectivity index (χ0v) is 14.8. The minimum absolute atomic E-state index is 0.324. The normalized spacial score (nSPS) is 10.6. The minimum atomic E-state index is -0.324. The zero-order chi connectivity index (χ0) is 18.5. The summed E-state index contributed by atoms with van der Waals surface area (Å²) in [5.74, 6) is 1.61. The van der Waals surface area contributed by atoms with E-state index in [2.05, 4.69) is 21.9 Å². The molecule has 0 aliphatic rings. The van der Waals surface area contributed by atoms with Gasteiger partial charge in [-0.1, -0.05) is 6.08 Å². The molecule has 0 fully saturated rings. The molecule has 0 bridgehead atoms. The number of benzene rings is 2. The summed E-state index contributed by atoms with van der Waals surface area (Å²) in [5.41, 5.74) is 2.66. The Labute approximate surface area is 151 Å². The SMILES string of the molecule is C=CCc1cc(CNc2ncnc3ccc(F)cc23)cc(OC)c1OC. The van der Waals surface area contributed by atoms with E-state index in [9.17, 15) is 4.39 Å². The summed E-state index contributed by atoms with van der Waals surface area (Å²) in [6.07, 6.45) is 3.94. The Hall–Kier alpha value is -3.15. The van der Waals surface area contributed by atoms with E-state index >= 15 is 0 Å². The van der Waals surface area contributed by atoms with E-state index in [1.807, 2.05) is 18.2 Å². The van der Waals surface area contributed by atoms with Crippen molar-refractivity contribution in [3.63, 3.8) is 0 Å². The third kappa shape index (κ3) is 3.59. The Bertz CT molecular complexity index is 944. The van der Waals surface area contributed by atoms with E-state index in [1.165, 1.54) is 18.5 Å². The number of nitrogens with zero attached hydrogens (tertiary/aromatic N) is 2. The van der Waals surface area contributed by atoms with Gasteiger partial charge in [0.2, 0.25) is 0 Å². The van der Waals surface area contributed by atoms with E-state index in [0.29, 0.717) is 41.2 Å². The third-order valence-corrected chi connectivity index (χ3v) is 4.04. The van der Waals surface area contributed by atoms with E-state index in [1.54, 1.807) is 20.3 Å². The molecular formula is C20H20FN3O2. The van der Waals surface area contributed by atoms with E-state index in [4.69, 9.17) is 9.47 Å². The highest BCUT2D eigenvalue weighted by molar-refractivity contribution is 5.88. The van der Waals surface area contributed by atoms with Crippen LogP contribution in [0.1, 0.15) is 11.1 Å². The number of allylic oxidation sites excluding steroid dienone is 1. The molecule has 0 amide bonds. The Morgan fingerprint density at radius 1 is 1.15 bits per heavy atom. The molecule has 0 atom stereocenters. The maximum atomic E-state index is 13.6. The van der Waals surface area contributed by atoms with Gasteiger partial charge in [-0.25, -0.2) is 14.4 Å². The number of hydrogen-bond donors (Lipinski definition) is 1. The second-order valence-electron chi connectivity index (χ2n) is 5.72. The smallest absolute Gasteiger partial charge is 0.164 e. The van der Waals surface area contributed by atoms with Gasteiger partial charge < -0.3 is 14.8 Å². The van der Waals surface area contributed by atoms with Crippen LogP contribution in [-0.4, -0.2) is 24.2 Å². The predicted octanol–water partition coefficient (Wildman–Crippen LogP) is 4.13. The van der Waals surface area contributed by atoms with E-state index in [-0.39, 0.29) is 5.82 Å². The first-order valence-corrected chi connectivity index (χ1v) is 8.15. The molecule has 1 N–H and O–H groups in total. The van der Waals surface area contributed by atoms with Gasteiger partial charge in [-0.15, -0.1) is 6.58 Å². The van der Waals surface area contributed by atoms with E-state index in [0.717, 1.165) is 11.1 Å². The Morgan fingerprint density at radius 2 is 2.00 bits per heavy atom. The van der Waals surface area contributed by atoms with Crippen molar-refractivity contribution in [3.8, 4) is 11.5 Å². The molecule has 26 heavy (non-hydrogen) atoms. The molecule has 3 aromatic rings. The lowest BCUT2D eigenvalue weighted by Gasteiger charge is -2.15. The van der Waals surface area contributed by atoms with Crippen molar-refractivity contribution in [3.05, 3.63) is 66.3 Å². The molecule has 0 aliphatic heterocycles. The molecule has 5 nitrogen and oxygen atoms in total. The highest BCUT2D eigenvalue weighted by Crippen LogP contribution is 2.33. The predicted molar refractivity (Wildman–Crippen MR) is 100 cm³/mol. The van der Waals surface area contributed by atoms with Crippen LogP contribution in [0.5, 0.6) is 11.5 Å². The first kappa shape index (κ1) is 17.7. The van der Waals surface area contributed by atoms with E-state index < -0.39 is 0 Å². The second kappa shape index (κ2) is 7.82. The van der Waals surface area contributed by atoms with Crippen molar-refractivity contribution in [2.45, 2.75) is 13.0 Å². The summed E-state index contributed by atoms with van der Waals surface area (Å²) in [6.45, 7) is 4.28. The number of methoxy groups -OCH3 is 2. The fourth-order valence-corrected chi connectivity index (χ4v) is 2.87. The summed E-state index contributed by atoms with van der Waals surface area (Å²) < 4.78 is 24.5. The topological polar surface area (TPSA) is 56.3 Å². The summed E-state index contributed by atoms with van der Waals surface area (Å²) in [4.78, 5) is 8.40. The van der Waals surface area contributed by atoms with Gasteiger partial charge >= 0.3 is 0 Å². The molecular weight excluding hydrogens is 333 g/mol. The standard InChI is InChI=1S/C20H20FN3O2/c1-4-5-14-8-13(9-18(25-2)19(14)26-3)11-22-20-16-10-15(21)6-7-17(16)23-12-24-20/h4,6-10,12H,1,5,11H2,2-3H3,(H,22,23,24). The third-order valence-electron chi connectivity index (χ3n) is 4.04. The van der Waals surface area contributed by atoms with Gasteiger partial charge in [0.25, 0.3) is 0 Å². The lowest BCUT2D eigenvalue weighted by Crippen LogP contribution is -2.05. The van der Waals surface area contributed by atoms with Crippen LogP contribution in [-0.2, 0) is 13.0 Å². The fraction of sp³-hybridized carbons (Fsp3) is 0.200. The van der Waals surface area contributed by atoms with Crippen LogP contribution in [0.15, 0.2) is 49.3 Å². The number of rotatable bonds is 7. The van der Waals surface area contributed by atoms with Gasteiger partial charge in [-0.05, 0) is 42.3 Å². The van der Waals surface area contributed by atoms with Crippen LogP contribution >= 0.6 is 0 Å². The summed E-state index contributed by atoms with van der Waals surface area (Å²) in [7, 11) is 3.22. The molecule has 3 rings (SSSR count). The van der Waals surface area contributed by atoms with Crippen molar-refractivity contribution in [1.29, 1.82) is 0 Å². The largest absolute Gasteiger partial charge is 0.493 e. The monoisotopic (exact) mass is 353 g/mol. The average Bonchev–Trinajstić information content (AvgIpc) is 2.66. The summed E-state index contributed by atoms with van der Waals surface area (Å²) >= 11 is 0. The van der Waals surface area contributed by atoms with Crippen LogP contribution in [0, 0.1) is 5.82 Å². The van der Waals surface area contributed by atoms with Gasteiger partial charge in [-0.2, -0.15) is 0 Å². The molecule has 1 heterocycles. The molecule has 6 heteroatoms. The molecule has 0 radical (unpaired) electrons. The Kier molecular flexibility index (Phi) is 5.31. The van der Waals surface area contributed by atoms with Crippen LogP contribution < -0.4 is 14.8 Å². The number of hydrogen-bond acceptors (Lipinski definition) is 5. The molecule has 0 saturated carbocycles. The second-order valence-corrected chi connectivity index (χ2v) is 5.72. The summed E-state index contributed by atoms with van der Waals surface area (Å²) in [5, 5.41) is 3.89. The highest BCUT2D eigenvalue weighted by Gasteiger charge is 2.12. The number of ether oxygens (including phenoxy) is 2. The Balaban J connectivity index is 1.91. The Morgan fingerprint density at radius 3 is 2.73 bits per heavy atom. The van der Waals surface area contributed by atoms with Crippen molar-refractivity contribution in [1.82, 2.24) is 9.97 Å². The first-order valence-electron chi connectivity index (χ1n) is 8.15. The van der Waals surface area contributed by atoms with Gasteiger partial charge in [-0.3, -0.25) is 0 Å². The minimum Gasteiger partial charge on any atom is -0.493 e. The van der Waals surface area contributed by atoms with Crippen molar-refractivity contribution >= 4 is 16.7 Å². The molecule has 0 spiro atoms. The number of anilines is 1. The summed E-state index contributed by atoms with van der Waals surface area (Å²) in [6, 6.07) is 8.38. The molecule has 2 aromatic carbocycles. The van der Waals surface area contributed by atoms with Gasteiger partial charge in [0.05, 0.1) is 19.7 Å². The number of nitrogens with one attached hydrogen (secondary N) is 1. The number of halogens is 1. The first-order chi connectivity index (χ1) is 12.7. The quantitative estimate of drug-likeness (QED) is 0.647. The number of aromatic nitrogens is 2. The average molecular weight is 353 g/mol. The maximum Gasteiger partial charge on any atom is 0.164 e. The molecule has 1 aromatic heterocycles. The lowest BCUT2D eigenvalue weighted by molar-refractivity contribution is 0.352. The van der Waals surface area contributed by atoms with Crippen LogP contribution in [0.2, 0.25) is 0 Å². The van der Waals surface area contributed by atoms with Crippen molar-refractivity contribution in [2.24, 2.45) is 0 Å². The van der Waals surface area contributed by atoms with Crippen LogP contribution in [0.25, 0.3) is 10.9 Å². The van der Waals surface area contributed by atoms with Crippen LogP contribution in [0.4, 0.5) is 10.2 Å².